The first-order valence-electron chi connectivity index (χ1n) is 4.78. The SMILES string of the molecule is CCC#CC(=O)c1ccc(SOOC)cc1. The topological polar surface area (TPSA) is 35.5 Å². The normalized spacial score (nSPS) is 9.38. The molecule has 1 rings (SSSR count). The van der Waals surface area contributed by atoms with Gasteiger partial charge in [0.05, 0.1) is 19.2 Å². The smallest absolute Gasteiger partial charge is 0.235 e. The van der Waals surface area contributed by atoms with E-state index in [9.17, 15) is 4.79 Å². The first kappa shape index (κ1) is 12.8. The molecule has 0 saturated heterocycles. The predicted molar refractivity (Wildman–Crippen MR) is 62.8 cm³/mol. The molecule has 16 heavy (non-hydrogen) atoms. The standard InChI is InChI=1S/C12H12O3S/c1-3-4-5-12(13)10-6-8-11(9-7-10)16-15-14-2/h6-9H,3H2,1-2H3. The third-order valence-corrected chi connectivity index (χ3v) is 2.36. The zero-order chi connectivity index (χ0) is 11.8. The molecule has 0 atom stereocenters. The molecule has 1 aromatic carbocycles. The molecule has 0 aliphatic rings. The van der Waals surface area contributed by atoms with Crippen molar-refractivity contribution in [2.24, 2.45) is 0 Å². The van der Waals surface area contributed by atoms with Gasteiger partial charge in [-0.15, -0.1) is 0 Å². The van der Waals surface area contributed by atoms with Gasteiger partial charge in [0.15, 0.2) is 0 Å². The number of carbonyl (C=O) groups is 1. The van der Waals surface area contributed by atoms with Gasteiger partial charge in [-0.3, -0.25) is 4.79 Å². The Balaban J connectivity index is 2.67. The van der Waals surface area contributed by atoms with Gasteiger partial charge in [-0.1, -0.05) is 12.8 Å². The van der Waals surface area contributed by atoms with Gasteiger partial charge in [0.2, 0.25) is 5.78 Å². The number of benzene rings is 1. The molecule has 0 spiro atoms. The third kappa shape index (κ3) is 4.07. The maximum Gasteiger partial charge on any atom is 0.235 e. The lowest BCUT2D eigenvalue weighted by molar-refractivity contribution is -0.160. The van der Waals surface area contributed by atoms with E-state index < -0.39 is 0 Å². The number of ketones is 1. The molecule has 0 radical (unpaired) electrons. The van der Waals surface area contributed by atoms with E-state index in [-0.39, 0.29) is 5.78 Å². The predicted octanol–water partition coefficient (Wildman–Crippen LogP) is 2.87. The Morgan fingerprint density at radius 3 is 2.62 bits per heavy atom. The number of hydrogen-bond donors (Lipinski definition) is 0. The average Bonchev–Trinajstić information content (AvgIpc) is 2.34. The number of hydrogen-bond acceptors (Lipinski definition) is 4. The summed E-state index contributed by atoms with van der Waals surface area (Å²) in [5.74, 6) is 5.14. The highest BCUT2D eigenvalue weighted by molar-refractivity contribution is 7.94. The summed E-state index contributed by atoms with van der Waals surface area (Å²) in [6, 6.07) is 7.00. The van der Waals surface area contributed by atoms with E-state index >= 15 is 0 Å². The molecule has 84 valence electrons. The van der Waals surface area contributed by atoms with E-state index in [4.69, 9.17) is 0 Å². The lowest BCUT2D eigenvalue weighted by Crippen LogP contribution is -1.94. The van der Waals surface area contributed by atoms with Crippen LogP contribution in [0.1, 0.15) is 23.7 Å². The van der Waals surface area contributed by atoms with E-state index in [1.54, 1.807) is 24.3 Å². The minimum atomic E-state index is -0.161. The molecule has 0 aliphatic heterocycles. The van der Waals surface area contributed by atoms with Gasteiger partial charge in [-0.2, -0.15) is 4.33 Å². The second-order valence-electron chi connectivity index (χ2n) is 2.83. The molecule has 0 N–H and O–H groups in total. The minimum absolute atomic E-state index is 0.161. The lowest BCUT2D eigenvalue weighted by atomic mass is 10.1. The molecular weight excluding hydrogens is 224 g/mol. The van der Waals surface area contributed by atoms with Crippen molar-refractivity contribution in [2.45, 2.75) is 18.2 Å². The molecule has 0 bridgehead atoms. The summed E-state index contributed by atoms with van der Waals surface area (Å²) in [7, 11) is 1.44. The fourth-order valence-corrected chi connectivity index (χ4v) is 1.37. The second-order valence-corrected chi connectivity index (χ2v) is 3.60. The van der Waals surface area contributed by atoms with Crippen molar-refractivity contribution in [1.82, 2.24) is 0 Å². The second kappa shape index (κ2) is 7.07. The molecule has 0 aliphatic carbocycles. The van der Waals surface area contributed by atoms with Gasteiger partial charge in [0.25, 0.3) is 0 Å². The summed E-state index contributed by atoms with van der Waals surface area (Å²) >= 11 is 1.09. The van der Waals surface area contributed by atoms with E-state index in [0.717, 1.165) is 16.9 Å². The molecule has 0 heterocycles. The van der Waals surface area contributed by atoms with Crippen molar-refractivity contribution in [2.75, 3.05) is 7.11 Å². The summed E-state index contributed by atoms with van der Waals surface area (Å²) in [5, 5.41) is 0. The van der Waals surface area contributed by atoms with Crippen LogP contribution in [0.5, 0.6) is 0 Å². The molecule has 0 aromatic heterocycles. The Hall–Kier alpha value is -1.28. The monoisotopic (exact) mass is 236 g/mol. The minimum Gasteiger partial charge on any atom is -0.279 e. The van der Waals surface area contributed by atoms with Crippen LogP contribution < -0.4 is 0 Å². The summed E-state index contributed by atoms with van der Waals surface area (Å²) in [6.45, 7) is 1.90. The first-order valence-corrected chi connectivity index (χ1v) is 5.52. The lowest BCUT2D eigenvalue weighted by Gasteiger charge is -1.99. The maximum absolute atomic E-state index is 11.5. The largest absolute Gasteiger partial charge is 0.279 e. The molecule has 0 saturated carbocycles. The van der Waals surface area contributed by atoms with Crippen molar-refractivity contribution in [3.63, 3.8) is 0 Å². The molecule has 4 heteroatoms. The highest BCUT2D eigenvalue weighted by Crippen LogP contribution is 2.19. The highest BCUT2D eigenvalue weighted by atomic mass is 32.2. The maximum atomic E-state index is 11.5. The van der Waals surface area contributed by atoms with Gasteiger partial charge in [0, 0.05) is 16.9 Å². The molecule has 0 unspecified atom stereocenters. The molecular formula is C12H12O3S. The van der Waals surface area contributed by atoms with Gasteiger partial charge in [0.1, 0.15) is 0 Å². The average molecular weight is 236 g/mol. The van der Waals surface area contributed by atoms with Crippen LogP contribution in [0.25, 0.3) is 0 Å². The summed E-state index contributed by atoms with van der Waals surface area (Å²) < 4.78 is 4.69. The van der Waals surface area contributed by atoms with Crippen LogP contribution in [-0.2, 0) is 9.22 Å². The Bertz CT molecular complexity index is 401. The summed E-state index contributed by atoms with van der Waals surface area (Å²) in [6.07, 6.45) is 0.682. The Morgan fingerprint density at radius 2 is 2.06 bits per heavy atom. The fourth-order valence-electron chi connectivity index (χ4n) is 0.976. The van der Waals surface area contributed by atoms with Crippen molar-refractivity contribution >= 4 is 17.8 Å². The number of carbonyl (C=O) groups excluding carboxylic acids is 1. The van der Waals surface area contributed by atoms with Crippen molar-refractivity contribution in [3.8, 4) is 11.8 Å². The zero-order valence-electron chi connectivity index (χ0n) is 9.15. The summed E-state index contributed by atoms with van der Waals surface area (Å²) in [5.41, 5.74) is 0.586. The van der Waals surface area contributed by atoms with E-state index in [1.807, 2.05) is 6.92 Å². The molecule has 0 fully saturated rings. The van der Waals surface area contributed by atoms with Crippen LogP contribution in [0, 0.1) is 11.8 Å². The van der Waals surface area contributed by atoms with E-state index in [0.29, 0.717) is 12.0 Å². The quantitative estimate of drug-likeness (QED) is 0.201. The van der Waals surface area contributed by atoms with Gasteiger partial charge < -0.3 is 0 Å². The van der Waals surface area contributed by atoms with Gasteiger partial charge >= 0.3 is 0 Å². The van der Waals surface area contributed by atoms with Crippen molar-refractivity contribution in [3.05, 3.63) is 29.8 Å². The number of rotatable bonds is 4. The Labute approximate surface area is 99.3 Å². The van der Waals surface area contributed by atoms with Crippen LogP contribution >= 0.6 is 12.0 Å². The van der Waals surface area contributed by atoms with Crippen molar-refractivity contribution in [1.29, 1.82) is 0 Å². The van der Waals surface area contributed by atoms with Crippen LogP contribution in [0.15, 0.2) is 29.2 Å². The van der Waals surface area contributed by atoms with Gasteiger partial charge in [-0.05, 0) is 30.2 Å². The van der Waals surface area contributed by atoms with Gasteiger partial charge in [-0.25, -0.2) is 4.89 Å². The van der Waals surface area contributed by atoms with Crippen LogP contribution in [0.4, 0.5) is 0 Å². The third-order valence-electron chi connectivity index (χ3n) is 1.69. The Kier molecular flexibility index (Phi) is 5.65. The molecule has 3 nitrogen and oxygen atoms in total. The van der Waals surface area contributed by atoms with Crippen LogP contribution in [0.3, 0.4) is 0 Å². The zero-order valence-corrected chi connectivity index (χ0v) is 9.97. The van der Waals surface area contributed by atoms with E-state index in [1.165, 1.54) is 7.11 Å². The number of Topliss-reactive ketones (excluding diaryl/α,β-unsaturated/α-hetero) is 1. The molecule has 1 aromatic rings. The highest BCUT2D eigenvalue weighted by Gasteiger charge is 2.02. The van der Waals surface area contributed by atoms with E-state index in [2.05, 4.69) is 21.1 Å². The molecule has 0 amide bonds. The van der Waals surface area contributed by atoms with Crippen LogP contribution in [0.2, 0.25) is 0 Å². The van der Waals surface area contributed by atoms with Crippen LogP contribution in [-0.4, -0.2) is 12.9 Å². The first-order chi connectivity index (χ1) is 7.77. The summed E-state index contributed by atoms with van der Waals surface area (Å²) in [4.78, 5) is 16.8. The fraction of sp³-hybridized carbons (Fsp3) is 0.250. The Morgan fingerprint density at radius 1 is 1.38 bits per heavy atom. The van der Waals surface area contributed by atoms with Crippen molar-refractivity contribution < 1.29 is 14.0 Å².